The van der Waals surface area contributed by atoms with Gasteiger partial charge in [0.1, 0.15) is 11.6 Å². The Morgan fingerprint density at radius 3 is 2.63 bits per heavy atom. The first-order chi connectivity index (χ1) is 9.15. The van der Waals surface area contributed by atoms with Gasteiger partial charge in [0.15, 0.2) is 0 Å². The van der Waals surface area contributed by atoms with Gasteiger partial charge in [-0.3, -0.25) is 0 Å². The molecule has 0 fully saturated rings. The van der Waals surface area contributed by atoms with Gasteiger partial charge in [0.05, 0.1) is 13.2 Å². The SMILES string of the molecule is CNC(c1cccc(OC)c1)c1ccc(Cl)cc1F. The number of hydrogen-bond acceptors (Lipinski definition) is 2. The summed E-state index contributed by atoms with van der Waals surface area (Å²) in [5.41, 5.74) is 1.49. The van der Waals surface area contributed by atoms with Crippen molar-refractivity contribution in [3.63, 3.8) is 0 Å². The van der Waals surface area contributed by atoms with Gasteiger partial charge >= 0.3 is 0 Å². The summed E-state index contributed by atoms with van der Waals surface area (Å²) < 4.78 is 19.2. The highest BCUT2D eigenvalue weighted by Gasteiger charge is 2.16. The molecule has 0 spiro atoms. The van der Waals surface area contributed by atoms with Crippen molar-refractivity contribution in [1.82, 2.24) is 5.32 Å². The lowest BCUT2D eigenvalue weighted by Crippen LogP contribution is -2.19. The standard InChI is InChI=1S/C15H15ClFNO/c1-18-15(10-4-3-5-12(8-10)19-2)13-7-6-11(16)9-14(13)17/h3-9,15,18H,1-2H3. The van der Waals surface area contributed by atoms with Crippen molar-refractivity contribution in [2.24, 2.45) is 0 Å². The number of benzene rings is 2. The Balaban J connectivity index is 2.43. The zero-order valence-corrected chi connectivity index (χ0v) is 11.5. The number of halogens is 2. The van der Waals surface area contributed by atoms with E-state index in [1.807, 2.05) is 24.3 Å². The molecule has 2 nitrogen and oxygen atoms in total. The summed E-state index contributed by atoms with van der Waals surface area (Å²) >= 11 is 5.78. The van der Waals surface area contributed by atoms with Crippen LogP contribution in [0.25, 0.3) is 0 Å². The molecule has 0 aromatic heterocycles. The maximum absolute atomic E-state index is 14.0. The van der Waals surface area contributed by atoms with Gasteiger partial charge in [-0.2, -0.15) is 0 Å². The molecule has 0 amide bonds. The highest BCUT2D eigenvalue weighted by molar-refractivity contribution is 6.30. The average Bonchev–Trinajstić information content (AvgIpc) is 2.42. The summed E-state index contributed by atoms with van der Waals surface area (Å²) in [5.74, 6) is 0.418. The molecule has 2 rings (SSSR count). The van der Waals surface area contributed by atoms with Gasteiger partial charge in [-0.05, 0) is 36.9 Å². The van der Waals surface area contributed by atoms with Crippen LogP contribution in [0.4, 0.5) is 4.39 Å². The Labute approximate surface area is 117 Å². The number of methoxy groups -OCH3 is 1. The largest absolute Gasteiger partial charge is 0.497 e. The van der Waals surface area contributed by atoms with E-state index in [2.05, 4.69) is 5.32 Å². The fourth-order valence-electron chi connectivity index (χ4n) is 2.06. The minimum absolute atomic E-state index is 0.243. The molecule has 0 aliphatic heterocycles. The van der Waals surface area contributed by atoms with Gasteiger partial charge in [-0.15, -0.1) is 0 Å². The van der Waals surface area contributed by atoms with E-state index in [1.165, 1.54) is 6.07 Å². The normalized spacial score (nSPS) is 12.2. The zero-order valence-electron chi connectivity index (χ0n) is 10.8. The van der Waals surface area contributed by atoms with E-state index in [0.717, 1.165) is 11.3 Å². The number of nitrogens with one attached hydrogen (secondary N) is 1. The maximum atomic E-state index is 14.0. The van der Waals surface area contributed by atoms with E-state index < -0.39 is 0 Å². The first kappa shape index (κ1) is 13.8. The molecular weight excluding hydrogens is 265 g/mol. The van der Waals surface area contributed by atoms with Crippen molar-refractivity contribution < 1.29 is 9.13 Å². The van der Waals surface area contributed by atoms with Crippen LogP contribution in [0.5, 0.6) is 5.75 Å². The van der Waals surface area contributed by atoms with Gasteiger partial charge < -0.3 is 10.1 Å². The Morgan fingerprint density at radius 1 is 1.21 bits per heavy atom. The molecule has 4 heteroatoms. The van der Waals surface area contributed by atoms with Crippen LogP contribution in [-0.4, -0.2) is 14.2 Å². The molecule has 0 bridgehead atoms. The van der Waals surface area contributed by atoms with Crippen molar-refractivity contribution in [1.29, 1.82) is 0 Å². The number of ether oxygens (including phenoxy) is 1. The zero-order chi connectivity index (χ0) is 13.8. The molecule has 1 atom stereocenters. The maximum Gasteiger partial charge on any atom is 0.129 e. The Kier molecular flexibility index (Phi) is 4.40. The van der Waals surface area contributed by atoms with Crippen LogP contribution in [0.2, 0.25) is 5.02 Å². The predicted octanol–water partition coefficient (Wildman–Crippen LogP) is 3.80. The second-order valence-corrected chi connectivity index (χ2v) is 4.60. The van der Waals surface area contributed by atoms with Gasteiger partial charge in [0.2, 0.25) is 0 Å². The minimum Gasteiger partial charge on any atom is -0.497 e. The molecule has 0 saturated carbocycles. The van der Waals surface area contributed by atoms with Crippen molar-refractivity contribution in [3.8, 4) is 5.75 Å². The minimum atomic E-state index is -0.324. The van der Waals surface area contributed by atoms with Crippen LogP contribution in [0.15, 0.2) is 42.5 Å². The molecular formula is C15H15ClFNO. The van der Waals surface area contributed by atoms with E-state index in [4.69, 9.17) is 16.3 Å². The van der Waals surface area contributed by atoms with Crippen LogP contribution in [0.1, 0.15) is 17.2 Å². The molecule has 19 heavy (non-hydrogen) atoms. The summed E-state index contributed by atoms with van der Waals surface area (Å²) in [6.45, 7) is 0. The Bertz CT molecular complexity index is 574. The third-order valence-electron chi connectivity index (χ3n) is 2.99. The lowest BCUT2D eigenvalue weighted by molar-refractivity contribution is 0.413. The van der Waals surface area contributed by atoms with Crippen molar-refractivity contribution in [2.45, 2.75) is 6.04 Å². The van der Waals surface area contributed by atoms with E-state index in [9.17, 15) is 4.39 Å². The predicted molar refractivity (Wildman–Crippen MR) is 75.3 cm³/mol. The lowest BCUT2D eigenvalue weighted by atomic mass is 9.98. The Hall–Kier alpha value is -1.58. The van der Waals surface area contributed by atoms with Gasteiger partial charge in [0, 0.05) is 10.6 Å². The number of hydrogen-bond donors (Lipinski definition) is 1. The average molecular weight is 280 g/mol. The summed E-state index contributed by atoms with van der Waals surface area (Å²) in [5, 5.41) is 3.50. The molecule has 100 valence electrons. The van der Waals surface area contributed by atoms with Crippen molar-refractivity contribution in [2.75, 3.05) is 14.2 Å². The van der Waals surface area contributed by atoms with Gasteiger partial charge in [-0.1, -0.05) is 29.8 Å². The van der Waals surface area contributed by atoms with Crippen LogP contribution in [-0.2, 0) is 0 Å². The van der Waals surface area contributed by atoms with E-state index in [-0.39, 0.29) is 11.9 Å². The lowest BCUT2D eigenvalue weighted by Gasteiger charge is -2.18. The first-order valence-electron chi connectivity index (χ1n) is 5.92. The third-order valence-corrected chi connectivity index (χ3v) is 3.22. The molecule has 0 saturated heterocycles. The van der Waals surface area contributed by atoms with E-state index in [0.29, 0.717) is 10.6 Å². The number of rotatable bonds is 4. The van der Waals surface area contributed by atoms with Crippen LogP contribution in [0.3, 0.4) is 0 Å². The quantitative estimate of drug-likeness (QED) is 0.919. The molecule has 0 heterocycles. The van der Waals surface area contributed by atoms with Gasteiger partial charge in [0.25, 0.3) is 0 Å². The van der Waals surface area contributed by atoms with Crippen LogP contribution >= 0.6 is 11.6 Å². The second kappa shape index (κ2) is 6.04. The molecule has 0 radical (unpaired) electrons. The molecule has 1 N–H and O–H groups in total. The fourth-order valence-corrected chi connectivity index (χ4v) is 2.22. The smallest absolute Gasteiger partial charge is 0.129 e. The van der Waals surface area contributed by atoms with Crippen LogP contribution in [0, 0.1) is 5.82 Å². The van der Waals surface area contributed by atoms with E-state index >= 15 is 0 Å². The van der Waals surface area contributed by atoms with Crippen molar-refractivity contribution >= 4 is 11.6 Å². The summed E-state index contributed by atoms with van der Waals surface area (Å²) in [6, 6.07) is 12.0. The summed E-state index contributed by atoms with van der Waals surface area (Å²) in [7, 11) is 3.40. The van der Waals surface area contributed by atoms with Crippen LogP contribution < -0.4 is 10.1 Å². The first-order valence-corrected chi connectivity index (χ1v) is 6.29. The molecule has 1 unspecified atom stereocenters. The summed E-state index contributed by atoms with van der Waals surface area (Å²) in [6.07, 6.45) is 0. The van der Waals surface area contributed by atoms with Crippen molar-refractivity contribution in [3.05, 3.63) is 64.4 Å². The molecule has 2 aromatic rings. The van der Waals surface area contributed by atoms with Gasteiger partial charge in [-0.25, -0.2) is 4.39 Å². The second-order valence-electron chi connectivity index (χ2n) is 4.16. The molecule has 0 aliphatic carbocycles. The Morgan fingerprint density at radius 2 is 2.00 bits per heavy atom. The summed E-state index contributed by atoms with van der Waals surface area (Å²) in [4.78, 5) is 0. The highest BCUT2D eigenvalue weighted by Crippen LogP contribution is 2.28. The highest BCUT2D eigenvalue weighted by atomic mass is 35.5. The topological polar surface area (TPSA) is 21.3 Å². The monoisotopic (exact) mass is 279 g/mol. The molecule has 0 aliphatic rings. The third kappa shape index (κ3) is 3.06. The fraction of sp³-hybridized carbons (Fsp3) is 0.200. The van der Waals surface area contributed by atoms with E-state index in [1.54, 1.807) is 26.3 Å². The molecule has 2 aromatic carbocycles.